The molecule has 2 amide bonds. The van der Waals surface area contributed by atoms with Crippen LogP contribution in [0.15, 0.2) is 48.5 Å². The highest BCUT2D eigenvalue weighted by Gasteiger charge is 2.48. The van der Waals surface area contributed by atoms with Crippen LogP contribution in [0.5, 0.6) is 0 Å². The van der Waals surface area contributed by atoms with Crippen LogP contribution in [-0.4, -0.2) is 34.3 Å². The van der Waals surface area contributed by atoms with Crippen molar-refractivity contribution in [1.82, 2.24) is 15.2 Å². The maximum absolute atomic E-state index is 13.3. The number of nitrogens with one attached hydrogen (secondary N) is 2. The minimum absolute atomic E-state index is 0.0566. The second-order valence-corrected chi connectivity index (χ2v) is 8.46. The molecule has 3 aromatic rings. The second kappa shape index (κ2) is 6.76. The largest absolute Gasteiger partial charge is 0.356 e. The van der Waals surface area contributed by atoms with Crippen LogP contribution >= 0.6 is 0 Å². The van der Waals surface area contributed by atoms with Crippen molar-refractivity contribution < 1.29 is 9.59 Å². The van der Waals surface area contributed by atoms with Crippen molar-refractivity contribution in [3.63, 3.8) is 0 Å². The number of fused-ring (bicyclic) bond motifs is 7. The Kier molecular flexibility index (Phi) is 4.19. The molecule has 0 fully saturated rings. The summed E-state index contributed by atoms with van der Waals surface area (Å²) in [4.78, 5) is 31.8. The molecule has 2 N–H and O–H groups in total. The van der Waals surface area contributed by atoms with Gasteiger partial charge in [-0.1, -0.05) is 50.2 Å². The van der Waals surface area contributed by atoms with Crippen molar-refractivity contribution in [2.75, 3.05) is 6.54 Å². The summed E-state index contributed by atoms with van der Waals surface area (Å²) >= 11 is 0. The third kappa shape index (κ3) is 2.76. The molecule has 5 nitrogen and oxygen atoms in total. The number of para-hydroxylation sites is 1. The van der Waals surface area contributed by atoms with Crippen LogP contribution in [0.1, 0.15) is 53.5 Å². The van der Waals surface area contributed by atoms with Gasteiger partial charge in [0.2, 0.25) is 5.91 Å². The minimum atomic E-state index is -0.501. The molecule has 2 aromatic carbocycles. The zero-order chi connectivity index (χ0) is 20.1. The summed E-state index contributed by atoms with van der Waals surface area (Å²) in [5.41, 5.74) is 4.91. The van der Waals surface area contributed by atoms with Gasteiger partial charge in [-0.05, 0) is 35.6 Å². The third-order valence-corrected chi connectivity index (χ3v) is 6.18. The molecule has 2 aliphatic heterocycles. The molecule has 2 atom stereocenters. The molecule has 0 saturated carbocycles. The van der Waals surface area contributed by atoms with Crippen LogP contribution in [-0.2, 0) is 11.2 Å². The number of aromatic nitrogens is 1. The molecule has 5 heteroatoms. The van der Waals surface area contributed by atoms with Crippen molar-refractivity contribution in [3.05, 3.63) is 70.9 Å². The number of hydrogen-bond acceptors (Lipinski definition) is 2. The van der Waals surface area contributed by atoms with Crippen molar-refractivity contribution >= 4 is 22.7 Å². The maximum Gasteiger partial charge on any atom is 0.255 e. The van der Waals surface area contributed by atoms with Crippen LogP contribution in [0.3, 0.4) is 0 Å². The highest BCUT2D eigenvalue weighted by Crippen LogP contribution is 2.46. The summed E-state index contributed by atoms with van der Waals surface area (Å²) in [6, 6.07) is 15.2. The summed E-state index contributed by atoms with van der Waals surface area (Å²) in [6.07, 6.45) is 1.46. The predicted molar refractivity (Wildman–Crippen MR) is 113 cm³/mol. The van der Waals surface area contributed by atoms with E-state index in [2.05, 4.69) is 36.3 Å². The first kappa shape index (κ1) is 18.0. The van der Waals surface area contributed by atoms with Crippen molar-refractivity contribution in [3.8, 4) is 0 Å². The number of amides is 2. The van der Waals surface area contributed by atoms with E-state index < -0.39 is 6.04 Å². The Hall–Kier alpha value is -3.08. The number of carbonyl (C=O) groups is 2. The van der Waals surface area contributed by atoms with Crippen LogP contribution in [0.4, 0.5) is 0 Å². The van der Waals surface area contributed by atoms with Gasteiger partial charge >= 0.3 is 0 Å². The van der Waals surface area contributed by atoms with E-state index in [1.807, 2.05) is 36.4 Å². The zero-order valence-electron chi connectivity index (χ0n) is 16.7. The van der Waals surface area contributed by atoms with E-state index in [0.29, 0.717) is 24.4 Å². The van der Waals surface area contributed by atoms with Gasteiger partial charge in [0, 0.05) is 35.1 Å². The molecule has 0 spiro atoms. The van der Waals surface area contributed by atoms with Gasteiger partial charge in [-0.15, -0.1) is 0 Å². The topological polar surface area (TPSA) is 65.2 Å². The van der Waals surface area contributed by atoms with E-state index in [1.54, 1.807) is 4.90 Å². The van der Waals surface area contributed by atoms with Crippen molar-refractivity contribution in [2.45, 2.75) is 38.8 Å². The van der Waals surface area contributed by atoms with Crippen molar-refractivity contribution in [2.24, 2.45) is 5.92 Å². The van der Waals surface area contributed by atoms with Gasteiger partial charge in [-0.2, -0.15) is 0 Å². The Morgan fingerprint density at radius 1 is 1.17 bits per heavy atom. The molecule has 3 heterocycles. The first-order valence-corrected chi connectivity index (χ1v) is 10.3. The Balaban J connectivity index is 1.61. The van der Waals surface area contributed by atoms with Crippen LogP contribution < -0.4 is 5.32 Å². The highest BCUT2D eigenvalue weighted by molar-refractivity contribution is 6.03. The van der Waals surface area contributed by atoms with Crippen LogP contribution in [0.2, 0.25) is 0 Å². The molecule has 0 aliphatic carbocycles. The van der Waals surface area contributed by atoms with Gasteiger partial charge in [0.1, 0.15) is 6.04 Å². The predicted octanol–water partition coefficient (Wildman–Crippen LogP) is 3.80. The zero-order valence-corrected chi connectivity index (χ0v) is 16.7. The van der Waals surface area contributed by atoms with Gasteiger partial charge in [-0.3, -0.25) is 9.59 Å². The van der Waals surface area contributed by atoms with Gasteiger partial charge in [0.15, 0.2) is 0 Å². The molecule has 2 aliphatic rings. The quantitative estimate of drug-likeness (QED) is 0.715. The molecule has 0 radical (unpaired) electrons. The fourth-order valence-electron chi connectivity index (χ4n) is 4.74. The number of hydrogen-bond donors (Lipinski definition) is 2. The number of carbonyl (C=O) groups excluding carboxylic acids is 2. The molecule has 0 bridgehead atoms. The molecule has 148 valence electrons. The molecular weight excluding hydrogens is 362 g/mol. The van der Waals surface area contributed by atoms with Gasteiger partial charge in [0.05, 0.1) is 6.04 Å². The average molecular weight is 387 g/mol. The number of H-pyrrole nitrogens is 1. The monoisotopic (exact) mass is 387 g/mol. The lowest BCUT2D eigenvalue weighted by molar-refractivity contribution is -0.126. The smallest absolute Gasteiger partial charge is 0.255 e. The van der Waals surface area contributed by atoms with Crippen molar-refractivity contribution in [1.29, 1.82) is 0 Å². The average Bonchev–Trinajstić information content (AvgIpc) is 3.23. The number of rotatable bonds is 4. The van der Waals surface area contributed by atoms with E-state index in [-0.39, 0.29) is 17.9 Å². The molecule has 2 unspecified atom stereocenters. The Bertz CT molecular complexity index is 1110. The molecule has 5 rings (SSSR count). The third-order valence-electron chi connectivity index (χ3n) is 6.18. The SMILES string of the molecule is CC(C)CCNC(=O)C1Cc2c([nH]c3ccccc23)C2c3ccccc3C(=O)N12. The van der Waals surface area contributed by atoms with E-state index >= 15 is 0 Å². The fourth-order valence-corrected chi connectivity index (χ4v) is 4.74. The lowest BCUT2D eigenvalue weighted by atomic mass is 9.90. The lowest BCUT2D eigenvalue weighted by Crippen LogP contribution is -2.52. The van der Waals surface area contributed by atoms with E-state index in [4.69, 9.17) is 0 Å². The maximum atomic E-state index is 13.3. The second-order valence-electron chi connectivity index (χ2n) is 8.46. The minimum Gasteiger partial charge on any atom is -0.356 e. The van der Waals surface area contributed by atoms with Gasteiger partial charge < -0.3 is 15.2 Å². The summed E-state index contributed by atoms with van der Waals surface area (Å²) in [5.74, 6) is 0.402. The fraction of sp³-hybridized carbons (Fsp3) is 0.333. The summed E-state index contributed by atoms with van der Waals surface area (Å²) in [7, 11) is 0. The molecular formula is C24H25N3O2. The molecule has 0 saturated heterocycles. The summed E-state index contributed by atoms with van der Waals surface area (Å²) in [5, 5.41) is 4.21. The van der Waals surface area contributed by atoms with E-state index in [0.717, 1.165) is 34.1 Å². The highest BCUT2D eigenvalue weighted by atomic mass is 16.2. The molecule has 1 aromatic heterocycles. The van der Waals surface area contributed by atoms with Crippen LogP contribution in [0.25, 0.3) is 10.9 Å². The Morgan fingerprint density at radius 2 is 1.93 bits per heavy atom. The normalized spacial score (nSPS) is 20.0. The number of aromatic amines is 1. The van der Waals surface area contributed by atoms with Crippen LogP contribution in [0, 0.1) is 5.92 Å². The number of nitrogens with zero attached hydrogens (tertiary/aromatic N) is 1. The van der Waals surface area contributed by atoms with E-state index in [1.165, 1.54) is 0 Å². The summed E-state index contributed by atoms with van der Waals surface area (Å²) in [6.45, 7) is 4.91. The van der Waals surface area contributed by atoms with Gasteiger partial charge in [0.25, 0.3) is 5.91 Å². The molecule has 29 heavy (non-hydrogen) atoms. The standard InChI is InChI=1S/C24H25N3O2/c1-14(2)11-12-25-23(28)20-13-18-15-7-5-6-10-19(15)26-21(18)22-16-8-3-4-9-17(16)24(29)27(20)22/h3-10,14,20,22,26H,11-13H2,1-2H3,(H,25,28). The summed E-state index contributed by atoms with van der Waals surface area (Å²) < 4.78 is 0. The first-order valence-electron chi connectivity index (χ1n) is 10.3. The lowest BCUT2D eigenvalue weighted by Gasteiger charge is -2.37. The first-order chi connectivity index (χ1) is 14.1. The van der Waals surface area contributed by atoms with E-state index in [9.17, 15) is 9.59 Å². The Morgan fingerprint density at radius 3 is 2.76 bits per heavy atom. The number of benzene rings is 2. The Labute approximate surface area is 170 Å². The van der Waals surface area contributed by atoms with Gasteiger partial charge in [-0.25, -0.2) is 0 Å².